The van der Waals surface area contributed by atoms with Gasteiger partial charge in [0.1, 0.15) is 11.3 Å². The second-order valence-electron chi connectivity index (χ2n) is 3.27. The standard InChI is InChI=1S/C12H9ClN2O3/c1-17-12(16)8-4-2-3-5-9(8)18-11-7-14-6-10(13)15-11/h2-7H,1H3. The molecule has 1 aromatic heterocycles. The summed E-state index contributed by atoms with van der Waals surface area (Å²) in [6, 6.07) is 6.68. The molecule has 1 aromatic carbocycles. The van der Waals surface area contributed by atoms with Crippen molar-refractivity contribution in [3.05, 3.63) is 47.4 Å². The number of carbonyl (C=O) groups excluding carboxylic acids is 1. The Hall–Kier alpha value is -2.14. The van der Waals surface area contributed by atoms with Crippen LogP contribution in [0.1, 0.15) is 10.4 Å². The van der Waals surface area contributed by atoms with E-state index in [-0.39, 0.29) is 11.0 Å². The van der Waals surface area contributed by atoms with Gasteiger partial charge >= 0.3 is 5.97 Å². The van der Waals surface area contributed by atoms with Gasteiger partial charge in [0.05, 0.1) is 19.5 Å². The van der Waals surface area contributed by atoms with Crippen LogP contribution >= 0.6 is 11.6 Å². The van der Waals surface area contributed by atoms with Gasteiger partial charge in [0.15, 0.2) is 5.15 Å². The van der Waals surface area contributed by atoms with E-state index in [0.717, 1.165) is 0 Å². The van der Waals surface area contributed by atoms with Crippen molar-refractivity contribution in [1.82, 2.24) is 9.97 Å². The van der Waals surface area contributed by atoms with Crippen LogP contribution in [0.15, 0.2) is 36.7 Å². The maximum atomic E-state index is 11.5. The first kappa shape index (κ1) is 12.3. The molecule has 0 amide bonds. The number of benzene rings is 1. The average Bonchev–Trinajstić information content (AvgIpc) is 2.38. The van der Waals surface area contributed by atoms with E-state index in [2.05, 4.69) is 14.7 Å². The minimum absolute atomic E-state index is 0.207. The topological polar surface area (TPSA) is 61.3 Å². The SMILES string of the molecule is COC(=O)c1ccccc1Oc1cncc(Cl)n1. The first-order valence-corrected chi connectivity index (χ1v) is 5.41. The molecule has 1 heterocycles. The van der Waals surface area contributed by atoms with Crippen LogP contribution in [0.3, 0.4) is 0 Å². The molecule has 2 aromatic rings. The molecule has 2 rings (SSSR count). The quantitative estimate of drug-likeness (QED) is 0.798. The predicted octanol–water partition coefficient (Wildman–Crippen LogP) is 2.71. The van der Waals surface area contributed by atoms with Gasteiger partial charge in [-0.25, -0.2) is 4.79 Å². The maximum Gasteiger partial charge on any atom is 0.341 e. The molecular weight excluding hydrogens is 256 g/mol. The number of halogens is 1. The van der Waals surface area contributed by atoms with E-state index in [1.54, 1.807) is 24.3 Å². The van der Waals surface area contributed by atoms with Crippen molar-refractivity contribution in [3.63, 3.8) is 0 Å². The van der Waals surface area contributed by atoms with E-state index in [1.807, 2.05) is 0 Å². The van der Waals surface area contributed by atoms with Gasteiger partial charge in [-0.3, -0.25) is 4.98 Å². The lowest BCUT2D eigenvalue weighted by Crippen LogP contribution is -2.03. The lowest BCUT2D eigenvalue weighted by atomic mass is 10.2. The minimum atomic E-state index is -0.486. The Morgan fingerprint density at radius 3 is 2.78 bits per heavy atom. The van der Waals surface area contributed by atoms with Crippen LogP contribution in [0, 0.1) is 0 Å². The van der Waals surface area contributed by atoms with Gasteiger partial charge in [-0.2, -0.15) is 4.98 Å². The highest BCUT2D eigenvalue weighted by Gasteiger charge is 2.13. The summed E-state index contributed by atoms with van der Waals surface area (Å²) in [5.41, 5.74) is 0.307. The Balaban J connectivity index is 2.32. The number of methoxy groups -OCH3 is 1. The van der Waals surface area contributed by atoms with E-state index in [4.69, 9.17) is 16.3 Å². The lowest BCUT2D eigenvalue weighted by molar-refractivity contribution is 0.0598. The zero-order valence-corrected chi connectivity index (χ0v) is 10.2. The zero-order chi connectivity index (χ0) is 13.0. The third-order valence-corrected chi connectivity index (χ3v) is 2.27. The molecule has 18 heavy (non-hydrogen) atoms. The molecule has 5 nitrogen and oxygen atoms in total. The Bertz CT molecular complexity index is 575. The molecule has 0 radical (unpaired) electrons. The summed E-state index contributed by atoms with van der Waals surface area (Å²) >= 11 is 5.70. The number of para-hydroxylation sites is 1. The van der Waals surface area contributed by atoms with Crippen LogP contribution in [-0.4, -0.2) is 23.0 Å². The summed E-state index contributed by atoms with van der Waals surface area (Å²) < 4.78 is 10.1. The highest BCUT2D eigenvalue weighted by molar-refractivity contribution is 6.29. The Morgan fingerprint density at radius 1 is 1.28 bits per heavy atom. The molecule has 0 atom stereocenters. The summed E-state index contributed by atoms with van der Waals surface area (Å²) in [5, 5.41) is 0.211. The van der Waals surface area contributed by atoms with Crippen molar-refractivity contribution >= 4 is 17.6 Å². The van der Waals surface area contributed by atoms with Gasteiger partial charge in [-0.15, -0.1) is 0 Å². The molecule has 0 unspecified atom stereocenters. The smallest absolute Gasteiger partial charge is 0.341 e. The molecule has 0 aliphatic carbocycles. The Labute approximate surface area is 108 Å². The normalized spacial score (nSPS) is 9.89. The summed E-state index contributed by atoms with van der Waals surface area (Å²) in [5.74, 6) is 0.0559. The van der Waals surface area contributed by atoms with E-state index in [0.29, 0.717) is 11.3 Å². The number of nitrogens with zero attached hydrogens (tertiary/aromatic N) is 2. The van der Waals surface area contributed by atoms with Crippen LogP contribution < -0.4 is 4.74 Å². The fourth-order valence-electron chi connectivity index (χ4n) is 1.32. The van der Waals surface area contributed by atoms with Gasteiger partial charge < -0.3 is 9.47 Å². The van der Waals surface area contributed by atoms with Crippen molar-refractivity contribution in [2.75, 3.05) is 7.11 Å². The van der Waals surface area contributed by atoms with Crippen molar-refractivity contribution < 1.29 is 14.3 Å². The highest BCUT2D eigenvalue weighted by Crippen LogP contribution is 2.24. The van der Waals surface area contributed by atoms with E-state index >= 15 is 0 Å². The van der Waals surface area contributed by atoms with Crippen molar-refractivity contribution in [2.45, 2.75) is 0 Å². The van der Waals surface area contributed by atoms with E-state index in [9.17, 15) is 4.79 Å². The van der Waals surface area contributed by atoms with Gasteiger partial charge in [-0.05, 0) is 12.1 Å². The van der Waals surface area contributed by atoms with Crippen LogP contribution in [0.2, 0.25) is 5.15 Å². The largest absolute Gasteiger partial charge is 0.465 e. The third-order valence-electron chi connectivity index (χ3n) is 2.09. The van der Waals surface area contributed by atoms with Crippen LogP contribution in [0.25, 0.3) is 0 Å². The summed E-state index contributed by atoms with van der Waals surface area (Å²) in [6.07, 6.45) is 2.79. The molecule has 0 fully saturated rings. The monoisotopic (exact) mass is 264 g/mol. The molecule has 0 aliphatic rings. The molecule has 0 aliphatic heterocycles. The summed E-state index contributed by atoms with van der Waals surface area (Å²) in [4.78, 5) is 19.3. The molecular formula is C12H9ClN2O3. The molecule has 0 N–H and O–H groups in total. The number of rotatable bonds is 3. The third kappa shape index (κ3) is 2.75. The summed E-state index contributed by atoms with van der Waals surface area (Å²) in [7, 11) is 1.30. The fourth-order valence-corrected chi connectivity index (χ4v) is 1.46. The number of ether oxygens (including phenoxy) is 2. The maximum absolute atomic E-state index is 11.5. The molecule has 92 valence electrons. The van der Waals surface area contributed by atoms with E-state index < -0.39 is 5.97 Å². The molecule has 6 heteroatoms. The number of hydrogen-bond acceptors (Lipinski definition) is 5. The molecule has 0 saturated heterocycles. The van der Waals surface area contributed by atoms with Crippen LogP contribution in [0.4, 0.5) is 0 Å². The minimum Gasteiger partial charge on any atom is -0.465 e. The van der Waals surface area contributed by atoms with Crippen molar-refractivity contribution in [1.29, 1.82) is 0 Å². The van der Waals surface area contributed by atoms with Crippen LogP contribution in [0.5, 0.6) is 11.6 Å². The fraction of sp³-hybridized carbons (Fsp3) is 0.0833. The number of carbonyl (C=O) groups is 1. The predicted molar refractivity (Wildman–Crippen MR) is 64.9 cm³/mol. The lowest BCUT2D eigenvalue weighted by Gasteiger charge is -2.08. The number of hydrogen-bond donors (Lipinski definition) is 0. The first-order valence-electron chi connectivity index (χ1n) is 5.03. The second-order valence-corrected chi connectivity index (χ2v) is 3.66. The van der Waals surface area contributed by atoms with Gasteiger partial charge in [0, 0.05) is 0 Å². The first-order chi connectivity index (χ1) is 8.70. The number of aromatic nitrogens is 2. The molecule has 0 bridgehead atoms. The van der Waals surface area contributed by atoms with Gasteiger partial charge in [0.25, 0.3) is 0 Å². The van der Waals surface area contributed by atoms with E-state index in [1.165, 1.54) is 19.5 Å². The average molecular weight is 265 g/mol. The Kier molecular flexibility index (Phi) is 3.74. The second kappa shape index (κ2) is 5.46. The highest BCUT2D eigenvalue weighted by atomic mass is 35.5. The zero-order valence-electron chi connectivity index (χ0n) is 9.46. The number of esters is 1. The Morgan fingerprint density at radius 2 is 2.06 bits per heavy atom. The van der Waals surface area contributed by atoms with Crippen molar-refractivity contribution in [2.24, 2.45) is 0 Å². The van der Waals surface area contributed by atoms with Gasteiger partial charge in [-0.1, -0.05) is 23.7 Å². The summed E-state index contributed by atoms with van der Waals surface area (Å²) in [6.45, 7) is 0. The van der Waals surface area contributed by atoms with Gasteiger partial charge in [0.2, 0.25) is 5.88 Å². The van der Waals surface area contributed by atoms with Crippen LogP contribution in [-0.2, 0) is 4.74 Å². The molecule has 0 saturated carbocycles. The van der Waals surface area contributed by atoms with Crippen molar-refractivity contribution in [3.8, 4) is 11.6 Å². The molecule has 0 spiro atoms.